The van der Waals surface area contributed by atoms with Gasteiger partial charge in [-0.15, -0.1) is 24.0 Å². The van der Waals surface area contributed by atoms with Gasteiger partial charge in [0.15, 0.2) is 5.96 Å². The van der Waals surface area contributed by atoms with Gasteiger partial charge in [-0.05, 0) is 45.7 Å². The average Bonchev–Trinajstić information content (AvgIpc) is 2.67. The lowest BCUT2D eigenvalue weighted by Crippen LogP contribution is -2.49. The second-order valence-corrected chi connectivity index (χ2v) is 10.1. The maximum absolute atomic E-state index is 11.3. The zero-order valence-corrected chi connectivity index (χ0v) is 21.7. The van der Waals surface area contributed by atoms with Gasteiger partial charge in [0, 0.05) is 38.5 Å². The molecule has 0 bridgehead atoms. The molecule has 30 heavy (non-hydrogen) atoms. The van der Waals surface area contributed by atoms with Crippen molar-refractivity contribution >= 4 is 39.8 Å². The van der Waals surface area contributed by atoms with Crippen LogP contribution in [0.2, 0.25) is 0 Å². The molecule has 0 radical (unpaired) electrons. The van der Waals surface area contributed by atoms with E-state index in [-0.39, 0.29) is 35.8 Å². The molecule has 1 fully saturated rings. The fourth-order valence-electron chi connectivity index (χ4n) is 3.22. The summed E-state index contributed by atoms with van der Waals surface area (Å²) in [7, 11) is -2.90. The zero-order valence-electron chi connectivity index (χ0n) is 18.6. The molecule has 1 aromatic rings. The van der Waals surface area contributed by atoms with Gasteiger partial charge in [0.2, 0.25) is 0 Å². The molecule has 2 rings (SSSR count). The highest BCUT2D eigenvalue weighted by atomic mass is 127. The third-order valence-corrected chi connectivity index (χ3v) is 5.84. The van der Waals surface area contributed by atoms with E-state index >= 15 is 0 Å². The predicted octanol–water partition coefficient (Wildman–Crippen LogP) is 2.44. The number of aryl methyl sites for hydroxylation is 1. The van der Waals surface area contributed by atoms with E-state index < -0.39 is 9.84 Å². The van der Waals surface area contributed by atoms with E-state index in [1.165, 1.54) is 11.8 Å². The number of aliphatic imine (C=N–C) groups is 1. The summed E-state index contributed by atoms with van der Waals surface area (Å²) in [5.74, 6) is 1.90. The van der Waals surface area contributed by atoms with Gasteiger partial charge in [-0.2, -0.15) is 0 Å². The summed E-state index contributed by atoms with van der Waals surface area (Å²) in [4.78, 5) is 6.91. The number of hydrogen-bond donors (Lipinski definition) is 2. The maximum atomic E-state index is 11.3. The molecule has 0 spiro atoms. The Morgan fingerprint density at radius 2 is 1.90 bits per heavy atom. The minimum Gasteiger partial charge on any atom is -0.489 e. The Labute approximate surface area is 199 Å². The Balaban J connectivity index is 0.00000450. The highest BCUT2D eigenvalue weighted by Crippen LogP contribution is 2.13. The minimum atomic E-state index is -2.90. The van der Waals surface area contributed by atoms with Crippen molar-refractivity contribution in [3.05, 3.63) is 29.8 Å². The van der Waals surface area contributed by atoms with Crippen LogP contribution in [0.3, 0.4) is 0 Å². The summed E-state index contributed by atoms with van der Waals surface area (Å²) in [6.45, 7) is 9.92. The van der Waals surface area contributed by atoms with Crippen LogP contribution in [0.4, 0.5) is 0 Å². The number of rotatable bonds is 9. The molecule has 0 amide bonds. The van der Waals surface area contributed by atoms with Gasteiger partial charge in [-0.25, -0.2) is 13.4 Å². The molecule has 9 heteroatoms. The third kappa shape index (κ3) is 10.8. The van der Waals surface area contributed by atoms with Crippen LogP contribution in [0, 0.1) is 6.92 Å². The molecule has 1 aromatic carbocycles. The summed E-state index contributed by atoms with van der Waals surface area (Å²) in [5, 5.41) is 6.82. The monoisotopic (exact) mass is 552 g/mol. The van der Waals surface area contributed by atoms with Crippen LogP contribution in [0.25, 0.3) is 0 Å². The summed E-state index contributed by atoms with van der Waals surface area (Å²) >= 11 is 0. The van der Waals surface area contributed by atoms with Crippen molar-refractivity contribution < 1.29 is 13.2 Å². The number of halogens is 1. The van der Waals surface area contributed by atoms with Crippen LogP contribution < -0.4 is 15.4 Å². The van der Waals surface area contributed by atoms with Crippen molar-refractivity contribution in [2.45, 2.75) is 45.8 Å². The van der Waals surface area contributed by atoms with Crippen LogP contribution in [0.5, 0.6) is 5.75 Å². The van der Waals surface area contributed by atoms with Crippen molar-refractivity contribution in [2.75, 3.05) is 44.7 Å². The minimum absolute atomic E-state index is 0. The molecule has 1 saturated heterocycles. The van der Waals surface area contributed by atoms with E-state index in [1.807, 2.05) is 31.2 Å². The molecule has 1 heterocycles. The molecular formula is C21H37IN4O3S. The molecule has 2 N–H and O–H groups in total. The van der Waals surface area contributed by atoms with Gasteiger partial charge in [0.05, 0.1) is 12.3 Å². The quantitative estimate of drug-likeness (QED) is 0.278. The molecule has 172 valence electrons. The fraction of sp³-hybridized carbons (Fsp3) is 0.667. The van der Waals surface area contributed by atoms with E-state index in [1.54, 1.807) is 0 Å². The standard InChI is InChI=1S/C21H36N4O3S.HI/c1-5-22-21(23-16-18(3)28-20-8-6-17(2)7-9-20)24-19-10-12-25(13-11-19)14-15-29(4,26)27;/h6-9,18-19H,5,10-16H2,1-4H3,(H2,22,23,24);1H. The Hall–Kier alpha value is -1.07. The molecule has 0 aromatic heterocycles. The van der Waals surface area contributed by atoms with E-state index in [4.69, 9.17) is 4.74 Å². The van der Waals surface area contributed by atoms with Crippen LogP contribution in [-0.4, -0.2) is 76.2 Å². The zero-order chi connectivity index (χ0) is 21.3. The first-order valence-corrected chi connectivity index (χ1v) is 12.5. The molecule has 1 unspecified atom stereocenters. The molecule has 0 saturated carbocycles. The highest BCUT2D eigenvalue weighted by Gasteiger charge is 2.20. The molecule has 1 atom stereocenters. The Kier molecular flexibility index (Phi) is 12.0. The SMILES string of the molecule is CCNC(=NCC(C)Oc1ccc(C)cc1)NC1CCN(CCS(C)(=O)=O)CC1.I. The lowest BCUT2D eigenvalue weighted by Gasteiger charge is -2.33. The van der Waals surface area contributed by atoms with Crippen LogP contribution >= 0.6 is 24.0 Å². The van der Waals surface area contributed by atoms with Gasteiger partial charge < -0.3 is 20.3 Å². The summed E-state index contributed by atoms with van der Waals surface area (Å²) in [5.41, 5.74) is 1.21. The van der Waals surface area contributed by atoms with Crippen molar-refractivity contribution in [3.63, 3.8) is 0 Å². The molecule has 1 aliphatic heterocycles. The second kappa shape index (κ2) is 13.4. The Bertz CT molecular complexity index is 748. The number of hydrogen-bond acceptors (Lipinski definition) is 5. The predicted molar refractivity (Wildman–Crippen MR) is 135 cm³/mol. The van der Waals surface area contributed by atoms with Crippen LogP contribution in [0.15, 0.2) is 29.3 Å². The lowest BCUT2D eigenvalue weighted by molar-refractivity contribution is 0.215. The average molecular weight is 553 g/mol. The van der Waals surface area contributed by atoms with E-state index in [0.717, 1.165) is 44.2 Å². The molecular weight excluding hydrogens is 515 g/mol. The van der Waals surface area contributed by atoms with Gasteiger partial charge in [-0.3, -0.25) is 0 Å². The number of nitrogens with zero attached hydrogens (tertiary/aromatic N) is 2. The number of guanidine groups is 1. The number of nitrogens with one attached hydrogen (secondary N) is 2. The van der Waals surface area contributed by atoms with E-state index in [9.17, 15) is 8.42 Å². The summed E-state index contributed by atoms with van der Waals surface area (Å²) in [6.07, 6.45) is 3.23. The number of likely N-dealkylation sites (tertiary alicyclic amines) is 1. The van der Waals surface area contributed by atoms with Crippen molar-refractivity contribution in [1.29, 1.82) is 0 Å². The largest absolute Gasteiger partial charge is 0.489 e. The first kappa shape index (κ1) is 27.0. The van der Waals surface area contributed by atoms with Gasteiger partial charge in [-0.1, -0.05) is 17.7 Å². The summed E-state index contributed by atoms with van der Waals surface area (Å²) < 4.78 is 28.6. The highest BCUT2D eigenvalue weighted by molar-refractivity contribution is 14.0. The van der Waals surface area contributed by atoms with Gasteiger partial charge in [0.25, 0.3) is 0 Å². The fourth-order valence-corrected chi connectivity index (χ4v) is 3.81. The first-order chi connectivity index (χ1) is 13.7. The smallest absolute Gasteiger partial charge is 0.191 e. The third-order valence-electron chi connectivity index (χ3n) is 4.92. The number of ether oxygens (including phenoxy) is 1. The van der Waals surface area contributed by atoms with Crippen molar-refractivity contribution in [1.82, 2.24) is 15.5 Å². The topological polar surface area (TPSA) is 83.0 Å². The van der Waals surface area contributed by atoms with E-state index in [0.29, 0.717) is 19.1 Å². The van der Waals surface area contributed by atoms with Crippen molar-refractivity contribution in [2.24, 2.45) is 4.99 Å². The second-order valence-electron chi connectivity index (χ2n) is 7.85. The number of benzene rings is 1. The first-order valence-electron chi connectivity index (χ1n) is 10.4. The van der Waals surface area contributed by atoms with Crippen LogP contribution in [0.1, 0.15) is 32.3 Å². The lowest BCUT2D eigenvalue weighted by atomic mass is 10.1. The Morgan fingerprint density at radius 3 is 2.47 bits per heavy atom. The summed E-state index contributed by atoms with van der Waals surface area (Å²) in [6, 6.07) is 8.39. The van der Waals surface area contributed by atoms with Crippen LogP contribution in [-0.2, 0) is 9.84 Å². The van der Waals surface area contributed by atoms with Crippen molar-refractivity contribution in [3.8, 4) is 5.75 Å². The molecule has 0 aliphatic carbocycles. The normalized spacial score (nSPS) is 17.1. The van der Waals surface area contributed by atoms with Gasteiger partial charge >= 0.3 is 0 Å². The number of sulfone groups is 1. The number of piperidine rings is 1. The molecule has 7 nitrogen and oxygen atoms in total. The molecule has 1 aliphatic rings. The maximum Gasteiger partial charge on any atom is 0.191 e. The van der Waals surface area contributed by atoms with E-state index in [2.05, 4.69) is 34.4 Å². The van der Waals surface area contributed by atoms with Gasteiger partial charge in [0.1, 0.15) is 21.7 Å². The Morgan fingerprint density at radius 1 is 1.27 bits per heavy atom.